The van der Waals surface area contributed by atoms with Crippen molar-refractivity contribution in [2.75, 3.05) is 19.0 Å². The van der Waals surface area contributed by atoms with E-state index in [4.69, 9.17) is 0 Å². The van der Waals surface area contributed by atoms with Crippen molar-refractivity contribution >= 4 is 17.1 Å². The van der Waals surface area contributed by atoms with Crippen molar-refractivity contribution in [1.29, 1.82) is 0 Å². The molecule has 0 bridgehead atoms. The van der Waals surface area contributed by atoms with Gasteiger partial charge in [-0.05, 0) is 0 Å². The van der Waals surface area contributed by atoms with Crippen LogP contribution in [0.5, 0.6) is 0 Å². The van der Waals surface area contributed by atoms with Crippen molar-refractivity contribution in [2.45, 2.75) is 0 Å². The van der Waals surface area contributed by atoms with Crippen LogP contribution >= 0.6 is 0 Å². The van der Waals surface area contributed by atoms with Gasteiger partial charge in [0.25, 0.3) is 0 Å². The van der Waals surface area contributed by atoms with Crippen LogP contribution in [-0.4, -0.2) is 23.9 Å². The van der Waals surface area contributed by atoms with E-state index in [1.807, 2.05) is 0 Å². The summed E-state index contributed by atoms with van der Waals surface area (Å²) < 4.78 is 1.29. The molecule has 0 aliphatic carbocycles. The first-order valence-electron chi connectivity index (χ1n) is 4.34. The topological polar surface area (TPSA) is 93.4 Å². The summed E-state index contributed by atoms with van der Waals surface area (Å²) in [7, 11) is 4.55. The molecule has 0 atom stereocenters. The van der Waals surface area contributed by atoms with Crippen LogP contribution in [-0.2, 0) is 7.05 Å². The number of rotatable bonds is 3. The van der Waals surface area contributed by atoms with Gasteiger partial charge in [0.15, 0.2) is 0 Å². The third-order valence-electron chi connectivity index (χ3n) is 1.98. The van der Waals surface area contributed by atoms with E-state index in [1.54, 1.807) is 0 Å². The lowest BCUT2D eigenvalue weighted by Crippen LogP contribution is -2.29. The van der Waals surface area contributed by atoms with E-state index >= 15 is 0 Å². The number of aryl methyl sites for hydroxylation is 1. The molecule has 0 aliphatic rings. The summed E-state index contributed by atoms with van der Waals surface area (Å²) in [6.07, 6.45) is 2.48. The average molecular weight is 227 g/mol. The molecule has 0 aromatic carbocycles. The predicted molar refractivity (Wildman–Crippen MR) is 55.3 cm³/mol. The normalized spacial score (nSPS) is 9.94. The van der Waals surface area contributed by atoms with Gasteiger partial charge in [0.2, 0.25) is 18.1 Å². The standard InChI is InChI=1S/C8H11N4O4/c1-9(2)8-6(11(13)14)4-10(3)5-7(8)12(15)16/h4-5H,1-3H3/q+1. The zero-order chi connectivity index (χ0) is 12.5. The molecule has 0 fully saturated rings. The molecule has 0 spiro atoms. The summed E-state index contributed by atoms with van der Waals surface area (Å²) in [5.74, 6) is 0. The summed E-state index contributed by atoms with van der Waals surface area (Å²) in [4.78, 5) is 21.7. The molecule has 1 rings (SSSR count). The molecule has 8 heteroatoms. The maximum atomic E-state index is 10.8. The summed E-state index contributed by atoms with van der Waals surface area (Å²) in [6.45, 7) is 0. The molecule has 0 saturated carbocycles. The molecule has 0 unspecified atom stereocenters. The zero-order valence-electron chi connectivity index (χ0n) is 9.08. The quantitative estimate of drug-likeness (QED) is 0.423. The van der Waals surface area contributed by atoms with Crippen molar-refractivity contribution in [3.05, 3.63) is 32.6 Å². The van der Waals surface area contributed by atoms with Crippen molar-refractivity contribution in [3.63, 3.8) is 0 Å². The maximum absolute atomic E-state index is 10.8. The fraction of sp³-hybridized carbons (Fsp3) is 0.375. The van der Waals surface area contributed by atoms with Crippen LogP contribution in [0.1, 0.15) is 0 Å². The summed E-state index contributed by atoms with van der Waals surface area (Å²) in [5, 5.41) is 21.6. The van der Waals surface area contributed by atoms with Crippen LogP contribution in [0.4, 0.5) is 17.1 Å². The summed E-state index contributed by atoms with van der Waals surface area (Å²) in [5.41, 5.74) is -0.587. The van der Waals surface area contributed by atoms with E-state index < -0.39 is 9.85 Å². The van der Waals surface area contributed by atoms with Crippen LogP contribution in [0.25, 0.3) is 0 Å². The van der Waals surface area contributed by atoms with Gasteiger partial charge in [-0.15, -0.1) is 0 Å². The van der Waals surface area contributed by atoms with Crippen molar-refractivity contribution in [2.24, 2.45) is 7.05 Å². The van der Waals surface area contributed by atoms with Gasteiger partial charge in [-0.2, -0.15) is 4.57 Å². The van der Waals surface area contributed by atoms with Crippen LogP contribution < -0.4 is 9.47 Å². The molecule has 16 heavy (non-hydrogen) atoms. The Labute approximate surface area is 91.0 Å². The highest BCUT2D eigenvalue weighted by Gasteiger charge is 2.31. The van der Waals surface area contributed by atoms with E-state index in [1.165, 1.54) is 43.0 Å². The van der Waals surface area contributed by atoms with Gasteiger partial charge in [0.1, 0.15) is 7.05 Å². The predicted octanol–water partition coefficient (Wildman–Crippen LogP) is 0.393. The number of hydrogen-bond donors (Lipinski definition) is 0. The first-order chi connectivity index (χ1) is 7.34. The monoisotopic (exact) mass is 227 g/mol. The Balaban J connectivity index is 3.60. The van der Waals surface area contributed by atoms with E-state index in [2.05, 4.69) is 0 Å². The Hall–Kier alpha value is -2.25. The van der Waals surface area contributed by atoms with Gasteiger partial charge < -0.3 is 4.90 Å². The number of nitrogens with zero attached hydrogens (tertiary/aromatic N) is 4. The second-order valence-corrected chi connectivity index (χ2v) is 3.45. The Kier molecular flexibility index (Phi) is 3.02. The molecular weight excluding hydrogens is 216 g/mol. The Morgan fingerprint density at radius 3 is 1.75 bits per heavy atom. The second-order valence-electron chi connectivity index (χ2n) is 3.45. The molecule has 1 aromatic heterocycles. The van der Waals surface area contributed by atoms with E-state index in [0.29, 0.717) is 0 Å². The maximum Gasteiger partial charge on any atom is 0.362 e. The lowest BCUT2D eigenvalue weighted by atomic mass is 10.3. The Morgan fingerprint density at radius 1 is 1.12 bits per heavy atom. The van der Waals surface area contributed by atoms with Crippen LogP contribution in [0.15, 0.2) is 12.4 Å². The first kappa shape index (κ1) is 11.8. The molecule has 8 nitrogen and oxygen atoms in total. The van der Waals surface area contributed by atoms with Gasteiger partial charge in [0.05, 0.1) is 9.85 Å². The molecule has 0 N–H and O–H groups in total. The lowest BCUT2D eigenvalue weighted by molar-refractivity contribution is -0.676. The van der Waals surface area contributed by atoms with Crippen molar-refractivity contribution in [1.82, 2.24) is 0 Å². The number of nitro groups is 2. The van der Waals surface area contributed by atoms with Crippen LogP contribution in [0.3, 0.4) is 0 Å². The van der Waals surface area contributed by atoms with Crippen molar-refractivity contribution < 1.29 is 14.4 Å². The fourth-order valence-electron chi connectivity index (χ4n) is 1.40. The van der Waals surface area contributed by atoms with Gasteiger partial charge >= 0.3 is 11.4 Å². The number of hydrogen-bond acceptors (Lipinski definition) is 5. The number of aromatic nitrogens is 1. The average Bonchev–Trinajstić information content (AvgIpc) is 2.15. The van der Waals surface area contributed by atoms with Gasteiger partial charge in [-0.25, -0.2) is 0 Å². The third-order valence-corrected chi connectivity index (χ3v) is 1.98. The van der Waals surface area contributed by atoms with Crippen molar-refractivity contribution in [3.8, 4) is 0 Å². The minimum Gasteiger partial charge on any atom is -0.366 e. The molecule has 86 valence electrons. The highest BCUT2D eigenvalue weighted by atomic mass is 16.6. The molecule has 0 aliphatic heterocycles. The SMILES string of the molecule is CN(C)c1c([N+](=O)[O-])c[n+](C)cc1[N+](=O)[O-]. The lowest BCUT2D eigenvalue weighted by Gasteiger charge is -2.10. The minimum atomic E-state index is -0.637. The number of anilines is 1. The first-order valence-corrected chi connectivity index (χ1v) is 4.34. The number of pyridine rings is 1. The molecule has 0 amide bonds. The highest BCUT2D eigenvalue weighted by molar-refractivity contribution is 5.71. The smallest absolute Gasteiger partial charge is 0.362 e. The largest absolute Gasteiger partial charge is 0.366 e. The van der Waals surface area contributed by atoms with Gasteiger partial charge in [-0.1, -0.05) is 0 Å². The van der Waals surface area contributed by atoms with Crippen LogP contribution in [0, 0.1) is 20.2 Å². The Bertz CT molecular complexity index is 422. The summed E-state index contributed by atoms with van der Waals surface area (Å²) in [6, 6.07) is 0. The van der Waals surface area contributed by atoms with Crippen LogP contribution in [0.2, 0.25) is 0 Å². The molecule has 0 saturated heterocycles. The third kappa shape index (κ3) is 2.05. The van der Waals surface area contributed by atoms with E-state index in [9.17, 15) is 20.2 Å². The second kappa shape index (κ2) is 4.09. The minimum absolute atomic E-state index is 0.00639. The highest BCUT2D eigenvalue weighted by Crippen LogP contribution is 2.33. The molecule has 1 heterocycles. The van der Waals surface area contributed by atoms with E-state index in [-0.39, 0.29) is 17.1 Å². The Morgan fingerprint density at radius 2 is 1.50 bits per heavy atom. The zero-order valence-corrected chi connectivity index (χ0v) is 9.08. The molecule has 1 aromatic rings. The molecule has 0 radical (unpaired) electrons. The molecular formula is C8H11N4O4+. The summed E-state index contributed by atoms with van der Waals surface area (Å²) >= 11 is 0. The van der Waals surface area contributed by atoms with Gasteiger partial charge in [0, 0.05) is 14.1 Å². The van der Waals surface area contributed by atoms with E-state index in [0.717, 1.165) is 0 Å². The fourth-order valence-corrected chi connectivity index (χ4v) is 1.40. The van der Waals surface area contributed by atoms with Gasteiger partial charge in [-0.3, -0.25) is 20.2 Å².